The normalized spacial score (nSPS) is 16.3. The third-order valence-corrected chi connectivity index (χ3v) is 4.97. The maximum atomic E-state index is 13.2. The largest absolute Gasteiger partial charge is 0.298 e. The van der Waals surface area contributed by atoms with Crippen LogP contribution in [-0.2, 0) is 6.54 Å². The number of nitrogens with one attached hydrogen (secondary N) is 1. The standard InChI is InChI=1S/C17H19F2N3OS/c1-11-2-4-22(5-3-11)9-15-10-24-17(20-15)21-16(23)12-6-13(18)8-14(19)7-12/h6-8,10-11H,2-5,9H2,1H3,(H,20,21,23). The minimum absolute atomic E-state index is 0.0609. The number of rotatable bonds is 4. The number of likely N-dealkylation sites (tertiary alicyclic amines) is 1. The zero-order valence-electron chi connectivity index (χ0n) is 13.4. The molecule has 0 saturated carbocycles. The van der Waals surface area contributed by atoms with E-state index in [0.717, 1.165) is 49.4 Å². The van der Waals surface area contributed by atoms with Crippen molar-refractivity contribution in [2.24, 2.45) is 5.92 Å². The second kappa shape index (κ2) is 7.36. The van der Waals surface area contributed by atoms with Gasteiger partial charge in [-0.15, -0.1) is 11.3 Å². The van der Waals surface area contributed by atoms with Crippen molar-refractivity contribution >= 4 is 22.4 Å². The van der Waals surface area contributed by atoms with Crippen LogP contribution in [0.4, 0.5) is 13.9 Å². The molecule has 3 rings (SSSR count). The molecule has 1 aliphatic heterocycles. The highest BCUT2D eigenvalue weighted by Crippen LogP contribution is 2.21. The van der Waals surface area contributed by atoms with Crippen LogP contribution in [0.5, 0.6) is 0 Å². The van der Waals surface area contributed by atoms with Crippen LogP contribution >= 0.6 is 11.3 Å². The number of halogens is 2. The first-order valence-corrected chi connectivity index (χ1v) is 8.82. The Labute approximate surface area is 143 Å². The lowest BCUT2D eigenvalue weighted by molar-refractivity contribution is 0.102. The predicted octanol–water partition coefficient (Wildman–Crippen LogP) is 3.91. The maximum absolute atomic E-state index is 13.2. The van der Waals surface area contributed by atoms with E-state index in [9.17, 15) is 13.6 Å². The van der Waals surface area contributed by atoms with E-state index in [1.54, 1.807) is 0 Å². The van der Waals surface area contributed by atoms with Crippen LogP contribution in [-0.4, -0.2) is 28.9 Å². The van der Waals surface area contributed by atoms with Crippen LogP contribution in [0, 0.1) is 17.6 Å². The van der Waals surface area contributed by atoms with Gasteiger partial charge in [0.1, 0.15) is 11.6 Å². The second-order valence-electron chi connectivity index (χ2n) is 6.21. The SMILES string of the molecule is CC1CCN(Cc2csc(NC(=O)c3cc(F)cc(F)c3)n2)CC1. The molecule has 1 aliphatic rings. The first-order chi connectivity index (χ1) is 11.5. The monoisotopic (exact) mass is 351 g/mol. The fourth-order valence-corrected chi connectivity index (χ4v) is 3.44. The zero-order valence-corrected chi connectivity index (χ0v) is 14.2. The average Bonchev–Trinajstić information content (AvgIpc) is 2.95. The van der Waals surface area contributed by atoms with Crippen LogP contribution in [0.15, 0.2) is 23.6 Å². The molecule has 0 atom stereocenters. The number of anilines is 1. The number of carbonyl (C=O) groups is 1. The van der Waals surface area contributed by atoms with Gasteiger partial charge in [-0.05, 0) is 44.0 Å². The number of thiazole rings is 1. The van der Waals surface area contributed by atoms with E-state index in [0.29, 0.717) is 5.13 Å². The highest BCUT2D eigenvalue weighted by atomic mass is 32.1. The molecule has 1 fully saturated rings. The summed E-state index contributed by atoms with van der Waals surface area (Å²) in [6.07, 6.45) is 2.39. The molecular weight excluding hydrogens is 332 g/mol. The topological polar surface area (TPSA) is 45.2 Å². The van der Waals surface area contributed by atoms with Crippen LogP contribution in [0.2, 0.25) is 0 Å². The number of hydrogen-bond acceptors (Lipinski definition) is 4. The van der Waals surface area contributed by atoms with Gasteiger partial charge in [-0.2, -0.15) is 0 Å². The van der Waals surface area contributed by atoms with E-state index >= 15 is 0 Å². The Morgan fingerprint density at radius 1 is 1.29 bits per heavy atom. The van der Waals surface area contributed by atoms with E-state index in [1.165, 1.54) is 24.2 Å². The molecule has 4 nitrogen and oxygen atoms in total. The van der Waals surface area contributed by atoms with Crippen molar-refractivity contribution in [2.75, 3.05) is 18.4 Å². The molecule has 1 aromatic heterocycles. The van der Waals surface area contributed by atoms with Crippen molar-refractivity contribution in [3.8, 4) is 0 Å². The molecule has 0 unspecified atom stereocenters. The lowest BCUT2D eigenvalue weighted by Gasteiger charge is -2.29. The molecule has 0 aliphatic carbocycles. The molecule has 1 aromatic carbocycles. The quantitative estimate of drug-likeness (QED) is 0.908. The number of carbonyl (C=O) groups excluding carboxylic acids is 1. The summed E-state index contributed by atoms with van der Waals surface area (Å²) in [6, 6.07) is 2.74. The third kappa shape index (κ3) is 4.36. The predicted molar refractivity (Wildman–Crippen MR) is 90.1 cm³/mol. The Bertz CT molecular complexity index is 706. The lowest BCUT2D eigenvalue weighted by atomic mass is 9.99. The molecule has 7 heteroatoms. The molecule has 1 saturated heterocycles. The van der Waals surface area contributed by atoms with Gasteiger partial charge < -0.3 is 0 Å². The molecule has 128 valence electrons. The van der Waals surface area contributed by atoms with Crippen LogP contribution in [0.25, 0.3) is 0 Å². The molecule has 2 heterocycles. The van der Waals surface area contributed by atoms with E-state index < -0.39 is 17.5 Å². The van der Waals surface area contributed by atoms with E-state index in [2.05, 4.69) is 22.1 Å². The van der Waals surface area contributed by atoms with Gasteiger partial charge in [0.2, 0.25) is 0 Å². The molecule has 1 N–H and O–H groups in total. The fraction of sp³-hybridized carbons (Fsp3) is 0.412. The summed E-state index contributed by atoms with van der Waals surface area (Å²) in [5.41, 5.74) is 0.838. The molecule has 0 spiro atoms. The van der Waals surface area contributed by atoms with Gasteiger partial charge >= 0.3 is 0 Å². The van der Waals surface area contributed by atoms with Gasteiger partial charge in [-0.1, -0.05) is 6.92 Å². The number of aromatic nitrogens is 1. The van der Waals surface area contributed by atoms with Gasteiger partial charge in [-0.3, -0.25) is 15.0 Å². The van der Waals surface area contributed by atoms with Crippen molar-refractivity contribution in [1.29, 1.82) is 0 Å². The third-order valence-electron chi connectivity index (χ3n) is 4.16. The van der Waals surface area contributed by atoms with Crippen LogP contribution < -0.4 is 5.32 Å². The van der Waals surface area contributed by atoms with Crippen molar-refractivity contribution < 1.29 is 13.6 Å². The number of hydrogen-bond donors (Lipinski definition) is 1. The van der Waals surface area contributed by atoms with Crippen LogP contribution in [0.3, 0.4) is 0 Å². The van der Waals surface area contributed by atoms with Gasteiger partial charge in [0.25, 0.3) is 5.91 Å². The summed E-state index contributed by atoms with van der Waals surface area (Å²) >= 11 is 1.31. The fourth-order valence-electron chi connectivity index (χ4n) is 2.74. The number of amides is 1. The first-order valence-electron chi connectivity index (χ1n) is 7.94. The summed E-state index contributed by atoms with van der Waals surface area (Å²) in [5.74, 6) is -1.35. The molecule has 0 bridgehead atoms. The highest BCUT2D eigenvalue weighted by Gasteiger charge is 2.17. The van der Waals surface area contributed by atoms with E-state index in [4.69, 9.17) is 0 Å². The van der Waals surface area contributed by atoms with Gasteiger partial charge in [0, 0.05) is 23.6 Å². The number of benzene rings is 1. The molecule has 2 aromatic rings. The second-order valence-corrected chi connectivity index (χ2v) is 7.07. The smallest absolute Gasteiger partial charge is 0.257 e. The van der Waals surface area contributed by atoms with E-state index in [1.807, 2.05) is 5.38 Å². The minimum atomic E-state index is -0.778. The van der Waals surface area contributed by atoms with Crippen molar-refractivity contribution in [1.82, 2.24) is 9.88 Å². The number of nitrogens with zero attached hydrogens (tertiary/aromatic N) is 2. The summed E-state index contributed by atoms with van der Waals surface area (Å²) in [7, 11) is 0. The molecule has 1 amide bonds. The summed E-state index contributed by atoms with van der Waals surface area (Å²) in [5, 5.41) is 4.93. The number of piperidine rings is 1. The Balaban J connectivity index is 1.60. The Hall–Kier alpha value is -1.86. The Kier molecular flexibility index (Phi) is 5.20. The van der Waals surface area contributed by atoms with Gasteiger partial charge in [-0.25, -0.2) is 13.8 Å². The zero-order chi connectivity index (χ0) is 17.1. The van der Waals surface area contributed by atoms with Crippen molar-refractivity contribution in [2.45, 2.75) is 26.3 Å². The van der Waals surface area contributed by atoms with Crippen molar-refractivity contribution in [3.63, 3.8) is 0 Å². The summed E-state index contributed by atoms with van der Waals surface area (Å²) in [6.45, 7) is 5.14. The Morgan fingerprint density at radius 3 is 2.62 bits per heavy atom. The average molecular weight is 351 g/mol. The maximum Gasteiger partial charge on any atom is 0.257 e. The first kappa shape index (κ1) is 17.0. The molecular formula is C17H19F2N3OS. The molecule has 24 heavy (non-hydrogen) atoms. The summed E-state index contributed by atoms with van der Waals surface area (Å²) in [4.78, 5) is 18.8. The van der Waals surface area contributed by atoms with Gasteiger partial charge in [0.15, 0.2) is 5.13 Å². The highest BCUT2D eigenvalue weighted by molar-refractivity contribution is 7.13. The van der Waals surface area contributed by atoms with Gasteiger partial charge in [0.05, 0.1) is 5.69 Å². The Morgan fingerprint density at radius 2 is 1.96 bits per heavy atom. The molecule has 0 radical (unpaired) electrons. The minimum Gasteiger partial charge on any atom is -0.298 e. The lowest BCUT2D eigenvalue weighted by Crippen LogP contribution is -2.32. The van der Waals surface area contributed by atoms with Crippen LogP contribution in [0.1, 0.15) is 35.8 Å². The van der Waals surface area contributed by atoms with E-state index in [-0.39, 0.29) is 5.56 Å². The summed E-state index contributed by atoms with van der Waals surface area (Å²) < 4.78 is 26.4. The van der Waals surface area contributed by atoms with Crippen molar-refractivity contribution in [3.05, 3.63) is 46.5 Å².